The fourth-order valence-corrected chi connectivity index (χ4v) is 2.72. The summed E-state index contributed by atoms with van der Waals surface area (Å²) in [6.45, 7) is 3.81. The van der Waals surface area contributed by atoms with Gasteiger partial charge in [-0.2, -0.15) is 0 Å². The second-order valence-electron chi connectivity index (χ2n) is 3.18. The van der Waals surface area contributed by atoms with Gasteiger partial charge in [-0.3, -0.25) is 4.79 Å². The van der Waals surface area contributed by atoms with E-state index in [1.165, 1.54) is 36.6 Å². The van der Waals surface area contributed by atoms with Crippen molar-refractivity contribution in [2.45, 2.75) is 44.8 Å². The number of thioether (sulfide) groups is 1. The summed E-state index contributed by atoms with van der Waals surface area (Å²) in [4.78, 5) is 10.9. The van der Waals surface area contributed by atoms with E-state index in [2.05, 4.69) is 13.0 Å². The molecule has 1 fully saturated rings. The topological polar surface area (TPSA) is 17.1 Å². The van der Waals surface area contributed by atoms with Crippen LogP contribution in [0.4, 0.5) is 0 Å². The molecule has 0 bridgehead atoms. The zero-order chi connectivity index (χ0) is 8.97. The van der Waals surface area contributed by atoms with E-state index in [9.17, 15) is 4.79 Å². The third kappa shape index (κ3) is 2.67. The molecule has 0 amide bonds. The summed E-state index contributed by atoms with van der Waals surface area (Å²) in [7, 11) is 0. The third-order valence-electron chi connectivity index (χ3n) is 2.12. The van der Waals surface area contributed by atoms with E-state index in [1.54, 1.807) is 6.92 Å². The van der Waals surface area contributed by atoms with Crippen LogP contribution in [0.1, 0.15) is 39.5 Å². The van der Waals surface area contributed by atoms with Crippen molar-refractivity contribution in [3.63, 3.8) is 0 Å². The van der Waals surface area contributed by atoms with Crippen molar-refractivity contribution in [2.75, 3.05) is 0 Å². The predicted molar refractivity (Wildman–Crippen MR) is 54.3 cm³/mol. The molecular formula is C10H16OS. The van der Waals surface area contributed by atoms with E-state index in [0.29, 0.717) is 5.25 Å². The highest BCUT2D eigenvalue weighted by molar-refractivity contribution is 8.14. The number of rotatable bonds is 2. The molecule has 0 aromatic rings. The lowest BCUT2D eigenvalue weighted by Gasteiger charge is -2.08. The molecule has 0 radical (unpaired) electrons. The Kier molecular flexibility index (Phi) is 3.86. The molecule has 1 rings (SSSR count). The molecule has 12 heavy (non-hydrogen) atoms. The molecule has 1 saturated carbocycles. The minimum Gasteiger partial charge on any atom is -0.288 e. The molecule has 0 heterocycles. The maximum absolute atomic E-state index is 10.9. The first-order chi connectivity index (χ1) is 5.74. The first kappa shape index (κ1) is 9.85. The van der Waals surface area contributed by atoms with Gasteiger partial charge in [0.15, 0.2) is 5.12 Å². The maximum atomic E-state index is 10.9. The van der Waals surface area contributed by atoms with Crippen molar-refractivity contribution in [3.05, 3.63) is 11.6 Å². The van der Waals surface area contributed by atoms with Gasteiger partial charge in [0.25, 0.3) is 0 Å². The van der Waals surface area contributed by atoms with Crippen molar-refractivity contribution in [3.8, 4) is 0 Å². The quantitative estimate of drug-likeness (QED) is 0.613. The van der Waals surface area contributed by atoms with E-state index < -0.39 is 0 Å². The van der Waals surface area contributed by atoms with E-state index in [1.807, 2.05) is 0 Å². The number of hydrogen-bond acceptors (Lipinski definition) is 2. The van der Waals surface area contributed by atoms with Crippen LogP contribution in [-0.4, -0.2) is 10.4 Å². The lowest BCUT2D eigenvalue weighted by atomic mass is 10.2. The molecule has 1 atom stereocenters. The Balaban J connectivity index is 2.52. The highest BCUT2D eigenvalue weighted by Gasteiger charge is 2.21. The van der Waals surface area contributed by atoms with Gasteiger partial charge in [-0.1, -0.05) is 30.3 Å². The van der Waals surface area contributed by atoms with Gasteiger partial charge in [-0.05, 0) is 25.7 Å². The molecule has 0 aliphatic heterocycles. The molecule has 1 aliphatic carbocycles. The van der Waals surface area contributed by atoms with Crippen LogP contribution in [0.15, 0.2) is 11.6 Å². The minimum atomic E-state index is 0.254. The van der Waals surface area contributed by atoms with Gasteiger partial charge in [0.1, 0.15) is 0 Å². The van der Waals surface area contributed by atoms with E-state index in [-0.39, 0.29) is 5.12 Å². The second kappa shape index (κ2) is 4.70. The molecule has 1 unspecified atom stereocenters. The summed E-state index contributed by atoms with van der Waals surface area (Å²) < 4.78 is 0. The lowest BCUT2D eigenvalue weighted by Crippen LogP contribution is -2.01. The van der Waals surface area contributed by atoms with Gasteiger partial charge in [-0.15, -0.1) is 0 Å². The van der Waals surface area contributed by atoms with Crippen molar-refractivity contribution < 1.29 is 4.79 Å². The third-order valence-corrected chi connectivity index (χ3v) is 3.27. The van der Waals surface area contributed by atoms with Gasteiger partial charge in [0.05, 0.1) is 0 Å². The summed E-state index contributed by atoms with van der Waals surface area (Å²) in [6.07, 6.45) is 7.05. The smallest absolute Gasteiger partial charge is 0.186 e. The Bertz CT molecular complexity index is 196. The average molecular weight is 184 g/mol. The highest BCUT2D eigenvalue weighted by Crippen LogP contribution is 2.34. The Labute approximate surface area is 78.6 Å². The minimum absolute atomic E-state index is 0.254. The molecule has 1 aliphatic rings. The number of carbonyl (C=O) groups excluding carboxylic acids is 1. The number of allylic oxidation sites excluding steroid dienone is 1. The van der Waals surface area contributed by atoms with Gasteiger partial charge in [-0.25, -0.2) is 0 Å². The van der Waals surface area contributed by atoms with Gasteiger partial charge in [0.2, 0.25) is 0 Å². The van der Waals surface area contributed by atoms with Crippen molar-refractivity contribution >= 4 is 16.9 Å². The molecule has 1 nitrogen and oxygen atoms in total. The van der Waals surface area contributed by atoms with Crippen LogP contribution in [0.3, 0.4) is 0 Å². The van der Waals surface area contributed by atoms with Crippen LogP contribution in [-0.2, 0) is 4.79 Å². The number of carbonyl (C=O) groups is 1. The first-order valence-corrected chi connectivity index (χ1v) is 5.48. The SMILES string of the molecule is CC/C=C1\CCCC1SC(C)=O. The zero-order valence-corrected chi connectivity index (χ0v) is 8.62. The predicted octanol–water partition coefficient (Wildman–Crippen LogP) is 3.16. The standard InChI is InChI=1S/C10H16OS/c1-3-5-9-6-4-7-10(9)12-8(2)11/h5,10H,3-4,6-7H2,1-2H3/b9-5+. The molecule has 0 aromatic carbocycles. The largest absolute Gasteiger partial charge is 0.288 e. The molecule has 0 N–H and O–H groups in total. The fourth-order valence-electron chi connectivity index (χ4n) is 1.67. The van der Waals surface area contributed by atoms with E-state index in [0.717, 1.165) is 6.42 Å². The van der Waals surface area contributed by atoms with Crippen molar-refractivity contribution in [2.24, 2.45) is 0 Å². The van der Waals surface area contributed by atoms with Crippen LogP contribution in [0.25, 0.3) is 0 Å². The monoisotopic (exact) mass is 184 g/mol. The summed E-state index contributed by atoms with van der Waals surface area (Å²) in [5.41, 5.74) is 1.50. The van der Waals surface area contributed by atoms with Crippen molar-refractivity contribution in [1.82, 2.24) is 0 Å². The van der Waals surface area contributed by atoms with E-state index >= 15 is 0 Å². The fraction of sp³-hybridized carbons (Fsp3) is 0.700. The normalized spacial score (nSPS) is 26.5. The Morgan fingerprint density at radius 1 is 1.75 bits per heavy atom. The van der Waals surface area contributed by atoms with Crippen LogP contribution in [0.5, 0.6) is 0 Å². The summed E-state index contributed by atoms with van der Waals surface area (Å²) in [6, 6.07) is 0. The van der Waals surface area contributed by atoms with Crippen molar-refractivity contribution in [1.29, 1.82) is 0 Å². The molecule has 0 aromatic heterocycles. The molecule has 68 valence electrons. The summed E-state index contributed by atoms with van der Waals surface area (Å²) in [5.74, 6) is 0. The highest BCUT2D eigenvalue weighted by atomic mass is 32.2. The maximum Gasteiger partial charge on any atom is 0.186 e. The Hall–Kier alpha value is -0.240. The Morgan fingerprint density at radius 3 is 3.08 bits per heavy atom. The summed E-state index contributed by atoms with van der Waals surface area (Å²) in [5, 5.41) is 0.756. The van der Waals surface area contributed by atoms with Crippen LogP contribution in [0, 0.1) is 0 Å². The van der Waals surface area contributed by atoms with Gasteiger partial charge < -0.3 is 0 Å². The summed E-state index contributed by atoms with van der Waals surface area (Å²) >= 11 is 1.50. The van der Waals surface area contributed by atoms with Gasteiger partial charge >= 0.3 is 0 Å². The first-order valence-electron chi connectivity index (χ1n) is 4.60. The van der Waals surface area contributed by atoms with Crippen LogP contribution in [0.2, 0.25) is 0 Å². The zero-order valence-electron chi connectivity index (χ0n) is 7.80. The van der Waals surface area contributed by atoms with Crippen LogP contribution < -0.4 is 0 Å². The molecule has 0 saturated heterocycles. The molecule has 0 spiro atoms. The molecular weight excluding hydrogens is 168 g/mol. The van der Waals surface area contributed by atoms with Gasteiger partial charge in [0, 0.05) is 12.2 Å². The lowest BCUT2D eigenvalue weighted by molar-refractivity contribution is -0.109. The number of hydrogen-bond donors (Lipinski definition) is 0. The average Bonchev–Trinajstić information content (AvgIpc) is 2.37. The van der Waals surface area contributed by atoms with Crippen LogP contribution >= 0.6 is 11.8 Å². The Morgan fingerprint density at radius 2 is 2.50 bits per heavy atom. The second-order valence-corrected chi connectivity index (χ2v) is 4.56. The van der Waals surface area contributed by atoms with E-state index in [4.69, 9.17) is 0 Å². The molecule has 2 heteroatoms.